The van der Waals surface area contributed by atoms with Gasteiger partial charge in [-0.2, -0.15) is 5.26 Å². The van der Waals surface area contributed by atoms with E-state index < -0.39 is 0 Å². The summed E-state index contributed by atoms with van der Waals surface area (Å²) in [5, 5.41) is 11.3. The lowest BCUT2D eigenvalue weighted by atomic mass is 10.1. The van der Waals surface area contributed by atoms with E-state index in [1.165, 1.54) is 11.3 Å². The van der Waals surface area contributed by atoms with Gasteiger partial charge in [-0.1, -0.05) is 0 Å². The maximum absolute atomic E-state index is 9.31. The third-order valence-corrected chi connectivity index (χ3v) is 3.80. The number of hydrogen-bond acceptors (Lipinski definition) is 4. The molecule has 0 aliphatic rings. The Morgan fingerprint density at radius 2 is 2.25 bits per heavy atom. The van der Waals surface area contributed by atoms with Gasteiger partial charge in [-0.25, -0.2) is 0 Å². The molecule has 0 saturated carbocycles. The number of nitrogens with zero attached hydrogens (tertiary/aromatic N) is 1. The Bertz CT molecular complexity index is 785. The van der Waals surface area contributed by atoms with Crippen molar-refractivity contribution in [3.05, 3.63) is 58.4 Å². The van der Waals surface area contributed by atoms with Crippen LogP contribution in [0.3, 0.4) is 0 Å². The molecule has 0 unspecified atom stereocenters. The van der Waals surface area contributed by atoms with E-state index in [1.54, 1.807) is 12.3 Å². The van der Waals surface area contributed by atoms with Crippen molar-refractivity contribution in [1.29, 1.82) is 5.26 Å². The fourth-order valence-electron chi connectivity index (χ4n) is 1.88. The maximum atomic E-state index is 9.31. The number of allylic oxidation sites excluding steroid dienone is 1. The predicted octanol–water partition coefficient (Wildman–Crippen LogP) is 4.97. The van der Waals surface area contributed by atoms with Crippen LogP contribution in [-0.4, -0.2) is 0 Å². The van der Waals surface area contributed by atoms with E-state index in [-0.39, 0.29) is 0 Å². The van der Waals surface area contributed by atoms with Gasteiger partial charge in [-0.3, -0.25) is 0 Å². The minimum atomic E-state index is 0.585. The predicted molar refractivity (Wildman–Crippen MR) is 79.0 cm³/mol. The first-order chi connectivity index (χ1) is 9.76. The standard InChI is InChI=1S/C16H11NO2S/c1-11-4-5-14(19-11)7-12(9-17)16-8-13(10-20-16)15-3-2-6-18-15/h2-8,10H,1H3/b12-7+. The highest BCUT2D eigenvalue weighted by atomic mass is 32.1. The summed E-state index contributed by atoms with van der Waals surface area (Å²) in [5.41, 5.74) is 1.56. The summed E-state index contributed by atoms with van der Waals surface area (Å²) in [7, 11) is 0. The molecule has 4 heteroatoms. The average Bonchev–Trinajstić information content (AvgIpc) is 3.17. The Morgan fingerprint density at radius 3 is 2.90 bits per heavy atom. The molecule has 98 valence electrons. The number of furan rings is 2. The van der Waals surface area contributed by atoms with Gasteiger partial charge in [0.15, 0.2) is 0 Å². The summed E-state index contributed by atoms with van der Waals surface area (Å²) in [5.74, 6) is 2.32. The van der Waals surface area contributed by atoms with Crippen molar-refractivity contribution < 1.29 is 8.83 Å². The molecule has 0 N–H and O–H groups in total. The van der Waals surface area contributed by atoms with Crippen molar-refractivity contribution in [3.8, 4) is 17.4 Å². The molecular formula is C16H11NO2S. The number of rotatable bonds is 3. The summed E-state index contributed by atoms with van der Waals surface area (Å²) in [6.45, 7) is 1.88. The smallest absolute Gasteiger partial charge is 0.134 e. The average molecular weight is 281 g/mol. The van der Waals surface area contributed by atoms with Gasteiger partial charge in [0.2, 0.25) is 0 Å². The van der Waals surface area contributed by atoms with E-state index in [2.05, 4.69) is 6.07 Å². The molecule has 3 rings (SSSR count). The first kappa shape index (κ1) is 12.5. The van der Waals surface area contributed by atoms with Gasteiger partial charge in [0.25, 0.3) is 0 Å². The van der Waals surface area contributed by atoms with Gasteiger partial charge < -0.3 is 8.83 Å². The minimum absolute atomic E-state index is 0.585. The molecule has 0 spiro atoms. The highest BCUT2D eigenvalue weighted by Gasteiger charge is 2.09. The van der Waals surface area contributed by atoms with Crippen molar-refractivity contribution in [3.63, 3.8) is 0 Å². The lowest BCUT2D eigenvalue weighted by molar-refractivity contribution is 0.525. The monoisotopic (exact) mass is 281 g/mol. The van der Waals surface area contributed by atoms with Crippen LogP contribution >= 0.6 is 11.3 Å². The molecule has 3 heterocycles. The van der Waals surface area contributed by atoms with Crippen LogP contribution in [0.25, 0.3) is 23.0 Å². The first-order valence-electron chi connectivity index (χ1n) is 6.07. The molecule has 0 saturated heterocycles. The fourth-order valence-corrected chi connectivity index (χ4v) is 2.75. The second-order valence-corrected chi connectivity index (χ2v) is 5.21. The largest absolute Gasteiger partial charge is 0.464 e. The van der Waals surface area contributed by atoms with Crippen LogP contribution in [-0.2, 0) is 0 Å². The second-order valence-electron chi connectivity index (χ2n) is 4.30. The topological polar surface area (TPSA) is 50.1 Å². The van der Waals surface area contributed by atoms with Crippen LogP contribution in [0.15, 0.2) is 50.8 Å². The Labute approximate surface area is 120 Å². The van der Waals surface area contributed by atoms with Crippen molar-refractivity contribution in [2.75, 3.05) is 0 Å². The number of aryl methyl sites for hydroxylation is 1. The van der Waals surface area contributed by atoms with Gasteiger partial charge in [0.05, 0.1) is 11.8 Å². The van der Waals surface area contributed by atoms with Gasteiger partial charge in [0.1, 0.15) is 23.3 Å². The molecule has 0 amide bonds. The molecular weight excluding hydrogens is 270 g/mol. The second kappa shape index (κ2) is 5.24. The molecule has 0 fully saturated rings. The van der Waals surface area contributed by atoms with Crippen molar-refractivity contribution in [2.45, 2.75) is 6.92 Å². The Balaban J connectivity index is 1.95. The normalized spacial score (nSPS) is 11.5. The number of thiophene rings is 1. The van der Waals surface area contributed by atoms with Gasteiger partial charge in [-0.15, -0.1) is 11.3 Å². The van der Waals surface area contributed by atoms with Crippen LogP contribution in [0.4, 0.5) is 0 Å². The number of nitriles is 1. The zero-order valence-electron chi connectivity index (χ0n) is 10.8. The van der Waals surface area contributed by atoms with E-state index in [4.69, 9.17) is 8.83 Å². The maximum Gasteiger partial charge on any atom is 0.134 e. The first-order valence-corrected chi connectivity index (χ1v) is 6.95. The molecule has 0 aromatic carbocycles. The van der Waals surface area contributed by atoms with E-state index >= 15 is 0 Å². The Hall–Kier alpha value is -2.51. The summed E-state index contributed by atoms with van der Waals surface area (Å²) in [6, 6.07) is 11.6. The van der Waals surface area contributed by atoms with Crippen LogP contribution in [0.5, 0.6) is 0 Å². The van der Waals surface area contributed by atoms with Crippen LogP contribution in [0.2, 0.25) is 0 Å². The highest BCUT2D eigenvalue weighted by molar-refractivity contribution is 7.11. The quantitative estimate of drug-likeness (QED) is 0.636. The Kier molecular flexibility index (Phi) is 3.28. The van der Waals surface area contributed by atoms with E-state index in [0.717, 1.165) is 22.0 Å². The van der Waals surface area contributed by atoms with Gasteiger partial charge in [-0.05, 0) is 43.3 Å². The molecule has 0 atom stereocenters. The molecule has 0 bridgehead atoms. The summed E-state index contributed by atoms with van der Waals surface area (Å²) in [4.78, 5) is 0.896. The van der Waals surface area contributed by atoms with E-state index in [9.17, 15) is 5.26 Å². The molecule has 0 aliphatic heterocycles. The Morgan fingerprint density at radius 1 is 1.35 bits per heavy atom. The number of hydrogen-bond donors (Lipinski definition) is 0. The molecule has 0 radical (unpaired) electrons. The molecule has 3 nitrogen and oxygen atoms in total. The summed E-state index contributed by atoms with van der Waals surface area (Å²) < 4.78 is 10.8. The molecule has 20 heavy (non-hydrogen) atoms. The zero-order valence-corrected chi connectivity index (χ0v) is 11.6. The van der Waals surface area contributed by atoms with Crippen molar-refractivity contribution >= 4 is 23.0 Å². The third kappa shape index (κ3) is 2.44. The van der Waals surface area contributed by atoms with Crippen molar-refractivity contribution in [2.24, 2.45) is 0 Å². The third-order valence-electron chi connectivity index (χ3n) is 2.84. The molecule has 3 aromatic rings. The van der Waals surface area contributed by atoms with Crippen molar-refractivity contribution in [1.82, 2.24) is 0 Å². The lowest BCUT2D eigenvalue weighted by Crippen LogP contribution is -1.75. The van der Waals surface area contributed by atoms with Crippen LogP contribution in [0.1, 0.15) is 16.4 Å². The molecule has 0 aliphatic carbocycles. The van der Waals surface area contributed by atoms with Gasteiger partial charge >= 0.3 is 0 Å². The van der Waals surface area contributed by atoms with E-state index in [1.807, 2.05) is 42.6 Å². The highest BCUT2D eigenvalue weighted by Crippen LogP contribution is 2.31. The zero-order chi connectivity index (χ0) is 13.9. The fraction of sp³-hybridized carbons (Fsp3) is 0.0625. The van der Waals surface area contributed by atoms with Crippen LogP contribution < -0.4 is 0 Å². The SMILES string of the molecule is Cc1ccc(/C=C(\C#N)c2cc(-c3ccco3)cs2)o1. The molecule has 3 aromatic heterocycles. The summed E-state index contributed by atoms with van der Waals surface area (Å²) in [6.07, 6.45) is 3.39. The van der Waals surface area contributed by atoms with Crippen LogP contribution in [0, 0.1) is 18.3 Å². The van der Waals surface area contributed by atoms with Gasteiger partial charge in [0, 0.05) is 15.8 Å². The minimum Gasteiger partial charge on any atom is -0.464 e. The summed E-state index contributed by atoms with van der Waals surface area (Å²) >= 11 is 1.51. The van der Waals surface area contributed by atoms with E-state index in [0.29, 0.717) is 11.3 Å². The lowest BCUT2D eigenvalue weighted by Gasteiger charge is -1.92.